The third kappa shape index (κ3) is 3.92. The summed E-state index contributed by atoms with van der Waals surface area (Å²) in [5, 5.41) is 3.37. The van der Waals surface area contributed by atoms with Crippen LogP contribution in [0.3, 0.4) is 0 Å². The van der Waals surface area contributed by atoms with Crippen molar-refractivity contribution >= 4 is 5.95 Å². The summed E-state index contributed by atoms with van der Waals surface area (Å²) in [6.07, 6.45) is 4.00. The molecule has 2 atom stereocenters. The number of ether oxygens (including phenoxy) is 2. The van der Waals surface area contributed by atoms with E-state index in [-0.39, 0.29) is 12.1 Å². The zero-order valence-electron chi connectivity index (χ0n) is 12.0. The van der Waals surface area contributed by atoms with Crippen molar-refractivity contribution in [2.75, 3.05) is 52.3 Å². The van der Waals surface area contributed by atoms with E-state index in [0.717, 1.165) is 32.2 Å². The van der Waals surface area contributed by atoms with E-state index in [1.54, 1.807) is 7.11 Å². The van der Waals surface area contributed by atoms with Crippen LogP contribution in [-0.2, 0) is 9.47 Å². The monoisotopic (exact) mass is 268 g/mol. The average molecular weight is 268 g/mol. The molecule has 0 aromatic carbocycles. The molecule has 2 unspecified atom stereocenters. The largest absolute Gasteiger partial charge is 0.383 e. The molecule has 0 bridgehead atoms. The third-order valence-electron chi connectivity index (χ3n) is 3.38. The van der Waals surface area contributed by atoms with Gasteiger partial charge in [0.1, 0.15) is 0 Å². The second kappa shape index (κ2) is 6.88. The van der Waals surface area contributed by atoms with E-state index in [1.165, 1.54) is 0 Å². The maximum absolute atomic E-state index is 5.73. The lowest BCUT2D eigenvalue weighted by Gasteiger charge is -2.30. The van der Waals surface area contributed by atoms with Gasteiger partial charge in [-0.3, -0.25) is 0 Å². The predicted molar refractivity (Wildman–Crippen MR) is 74.5 cm³/mol. The van der Waals surface area contributed by atoms with Crippen LogP contribution >= 0.6 is 0 Å². The highest BCUT2D eigenvalue weighted by Crippen LogP contribution is 2.14. The number of imidazole rings is 1. The van der Waals surface area contributed by atoms with Gasteiger partial charge in [0.25, 0.3) is 0 Å². The SMILES string of the molecule is COCC(C)n1ccnc1NCC1CN(C)CCO1. The van der Waals surface area contributed by atoms with E-state index in [0.29, 0.717) is 6.61 Å². The standard InChI is InChI=1S/C13H24N4O2/c1-11(10-18-3)17-5-4-14-13(17)15-8-12-9-16(2)6-7-19-12/h4-5,11-12H,6-10H2,1-3H3,(H,14,15). The predicted octanol–water partition coefficient (Wildman–Crippen LogP) is 0.833. The first-order valence-electron chi connectivity index (χ1n) is 6.76. The first-order chi connectivity index (χ1) is 9.20. The fourth-order valence-electron chi connectivity index (χ4n) is 2.32. The Morgan fingerprint density at radius 1 is 1.63 bits per heavy atom. The Morgan fingerprint density at radius 3 is 3.21 bits per heavy atom. The van der Waals surface area contributed by atoms with Gasteiger partial charge in [0.2, 0.25) is 5.95 Å². The van der Waals surface area contributed by atoms with Crippen LogP contribution in [0.5, 0.6) is 0 Å². The number of hydrogen-bond donors (Lipinski definition) is 1. The molecule has 0 saturated carbocycles. The van der Waals surface area contributed by atoms with Gasteiger partial charge in [-0.1, -0.05) is 0 Å². The Kier molecular flexibility index (Phi) is 5.18. The van der Waals surface area contributed by atoms with Gasteiger partial charge in [-0.25, -0.2) is 4.98 Å². The smallest absolute Gasteiger partial charge is 0.203 e. The Morgan fingerprint density at radius 2 is 2.47 bits per heavy atom. The topological polar surface area (TPSA) is 51.5 Å². The number of nitrogens with one attached hydrogen (secondary N) is 1. The number of likely N-dealkylation sites (N-methyl/N-ethyl adjacent to an activating group) is 1. The number of nitrogens with zero attached hydrogens (tertiary/aromatic N) is 3. The van der Waals surface area contributed by atoms with Crippen molar-refractivity contribution in [1.29, 1.82) is 0 Å². The lowest BCUT2D eigenvalue weighted by Crippen LogP contribution is -2.43. The van der Waals surface area contributed by atoms with Crippen LogP contribution in [0.2, 0.25) is 0 Å². The Hall–Kier alpha value is -1.11. The number of methoxy groups -OCH3 is 1. The maximum Gasteiger partial charge on any atom is 0.203 e. The maximum atomic E-state index is 5.73. The van der Waals surface area contributed by atoms with Gasteiger partial charge in [0.05, 0.1) is 25.4 Å². The quantitative estimate of drug-likeness (QED) is 0.828. The molecule has 1 aromatic rings. The van der Waals surface area contributed by atoms with Crippen LogP contribution in [0, 0.1) is 0 Å². The molecule has 19 heavy (non-hydrogen) atoms. The van der Waals surface area contributed by atoms with Crippen LogP contribution in [0.15, 0.2) is 12.4 Å². The number of anilines is 1. The van der Waals surface area contributed by atoms with Crippen LogP contribution in [0.4, 0.5) is 5.95 Å². The number of hydrogen-bond acceptors (Lipinski definition) is 5. The van der Waals surface area contributed by atoms with E-state index in [1.807, 2.05) is 12.4 Å². The summed E-state index contributed by atoms with van der Waals surface area (Å²) in [5.74, 6) is 0.876. The fourth-order valence-corrected chi connectivity index (χ4v) is 2.32. The van der Waals surface area contributed by atoms with Crippen LogP contribution in [0.25, 0.3) is 0 Å². The van der Waals surface area contributed by atoms with Crippen molar-refractivity contribution in [2.24, 2.45) is 0 Å². The van der Waals surface area contributed by atoms with E-state index in [2.05, 4.69) is 33.7 Å². The van der Waals surface area contributed by atoms with Crippen molar-refractivity contribution in [3.05, 3.63) is 12.4 Å². The zero-order valence-corrected chi connectivity index (χ0v) is 12.0. The van der Waals surface area contributed by atoms with Crippen LogP contribution < -0.4 is 5.32 Å². The van der Waals surface area contributed by atoms with Gasteiger partial charge in [0.15, 0.2) is 0 Å². The van der Waals surface area contributed by atoms with Crippen molar-refractivity contribution < 1.29 is 9.47 Å². The third-order valence-corrected chi connectivity index (χ3v) is 3.38. The summed E-state index contributed by atoms with van der Waals surface area (Å²) < 4.78 is 13.0. The van der Waals surface area contributed by atoms with Crippen molar-refractivity contribution in [2.45, 2.75) is 19.1 Å². The molecule has 2 heterocycles. The summed E-state index contributed by atoms with van der Waals surface area (Å²) in [7, 11) is 3.84. The normalized spacial score (nSPS) is 22.4. The average Bonchev–Trinajstić information content (AvgIpc) is 2.85. The van der Waals surface area contributed by atoms with E-state index < -0.39 is 0 Å². The lowest BCUT2D eigenvalue weighted by molar-refractivity contribution is -0.0118. The fraction of sp³-hybridized carbons (Fsp3) is 0.769. The van der Waals surface area contributed by atoms with Crippen molar-refractivity contribution in [1.82, 2.24) is 14.5 Å². The molecule has 0 aliphatic carbocycles. The number of rotatable bonds is 6. The molecule has 1 aromatic heterocycles. The molecule has 1 aliphatic heterocycles. The van der Waals surface area contributed by atoms with Gasteiger partial charge in [-0.2, -0.15) is 0 Å². The summed E-state index contributed by atoms with van der Waals surface area (Å²) in [6.45, 7) is 6.34. The molecular weight excluding hydrogens is 244 g/mol. The molecular formula is C13H24N4O2. The molecule has 1 fully saturated rings. The van der Waals surface area contributed by atoms with Gasteiger partial charge in [-0.05, 0) is 14.0 Å². The summed E-state index contributed by atoms with van der Waals surface area (Å²) >= 11 is 0. The van der Waals surface area contributed by atoms with Gasteiger partial charge in [-0.15, -0.1) is 0 Å². The highest BCUT2D eigenvalue weighted by atomic mass is 16.5. The molecule has 0 spiro atoms. The molecule has 0 radical (unpaired) electrons. The van der Waals surface area contributed by atoms with E-state index >= 15 is 0 Å². The Balaban J connectivity index is 1.87. The molecule has 6 nitrogen and oxygen atoms in total. The Bertz CT molecular complexity index is 382. The summed E-state index contributed by atoms with van der Waals surface area (Å²) in [4.78, 5) is 6.64. The minimum absolute atomic E-state index is 0.224. The van der Waals surface area contributed by atoms with Crippen molar-refractivity contribution in [3.8, 4) is 0 Å². The number of morpholine rings is 1. The van der Waals surface area contributed by atoms with Gasteiger partial charge in [0, 0.05) is 39.1 Å². The van der Waals surface area contributed by atoms with Crippen LogP contribution in [-0.4, -0.2) is 67.6 Å². The summed E-state index contributed by atoms with van der Waals surface area (Å²) in [6, 6.07) is 0.268. The minimum atomic E-state index is 0.224. The molecule has 1 saturated heterocycles. The molecule has 108 valence electrons. The van der Waals surface area contributed by atoms with E-state index in [4.69, 9.17) is 9.47 Å². The zero-order chi connectivity index (χ0) is 13.7. The first kappa shape index (κ1) is 14.3. The molecule has 0 amide bonds. The van der Waals surface area contributed by atoms with E-state index in [9.17, 15) is 0 Å². The first-order valence-corrected chi connectivity index (χ1v) is 6.76. The molecule has 6 heteroatoms. The Labute approximate surface area is 114 Å². The second-order valence-corrected chi connectivity index (χ2v) is 5.10. The minimum Gasteiger partial charge on any atom is -0.383 e. The highest BCUT2D eigenvalue weighted by Gasteiger charge is 2.18. The molecule has 1 N–H and O–H groups in total. The van der Waals surface area contributed by atoms with Crippen LogP contribution in [0.1, 0.15) is 13.0 Å². The number of aromatic nitrogens is 2. The second-order valence-electron chi connectivity index (χ2n) is 5.10. The lowest BCUT2D eigenvalue weighted by atomic mass is 10.3. The molecule has 1 aliphatic rings. The molecule has 2 rings (SSSR count). The van der Waals surface area contributed by atoms with Gasteiger partial charge >= 0.3 is 0 Å². The van der Waals surface area contributed by atoms with Gasteiger partial charge < -0.3 is 24.3 Å². The summed E-state index contributed by atoms with van der Waals surface area (Å²) in [5.41, 5.74) is 0. The van der Waals surface area contributed by atoms with Crippen molar-refractivity contribution in [3.63, 3.8) is 0 Å². The highest BCUT2D eigenvalue weighted by molar-refractivity contribution is 5.27.